The zero-order valence-corrected chi connectivity index (χ0v) is 13.1. The van der Waals surface area contributed by atoms with Crippen LogP contribution in [0.25, 0.3) is 0 Å². The van der Waals surface area contributed by atoms with E-state index in [4.69, 9.17) is 5.11 Å². The molecular formula is C12H14Br2N2O2. The summed E-state index contributed by atoms with van der Waals surface area (Å²) in [6.45, 7) is 4.08. The molecule has 0 amide bonds. The highest BCUT2D eigenvalue weighted by atomic mass is 79.9. The maximum Gasteiger partial charge on any atom is 0.308 e. The van der Waals surface area contributed by atoms with Gasteiger partial charge in [-0.25, -0.2) is 0 Å². The zero-order chi connectivity index (χ0) is 13.3. The molecule has 1 aromatic heterocycles. The summed E-state index contributed by atoms with van der Waals surface area (Å²) < 4.78 is 1.87. The van der Waals surface area contributed by atoms with Crippen molar-refractivity contribution in [2.24, 2.45) is 11.8 Å². The van der Waals surface area contributed by atoms with E-state index in [0.29, 0.717) is 13.1 Å². The number of rotatable bonds is 3. The summed E-state index contributed by atoms with van der Waals surface area (Å²) in [7, 11) is 0. The molecule has 4 nitrogen and oxygen atoms in total. The van der Waals surface area contributed by atoms with E-state index in [-0.39, 0.29) is 11.8 Å². The van der Waals surface area contributed by atoms with E-state index in [1.807, 2.05) is 13.0 Å². The van der Waals surface area contributed by atoms with Gasteiger partial charge in [0.25, 0.3) is 0 Å². The Hall–Kier alpha value is -0.460. The van der Waals surface area contributed by atoms with Crippen molar-refractivity contribution in [1.29, 1.82) is 0 Å². The second-order valence-electron chi connectivity index (χ2n) is 4.70. The van der Waals surface area contributed by atoms with Gasteiger partial charge >= 0.3 is 5.97 Å². The number of carboxylic acids is 1. The predicted molar refractivity (Wildman–Crippen MR) is 75.2 cm³/mol. The number of pyridine rings is 1. The molecule has 1 aliphatic rings. The first-order chi connectivity index (χ1) is 8.47. The number of carboxylic acid groups (broad SMARTS) is 1. The van der Waals surface area contributed by atoms with Crippen LogP contribution in [-0.2, 0) is 11.3 Å². The van der Waals surface area contributed by atoms with Crippen LogP contribution < -0.4 is 0 Å². The Morgan fingerprint density at radius 3 is 2.83 bits per heavy atom. The molecule has 0 spiro atoms. The summed E-state index contributed by atoms with van der Waals surface area (Å²) in [5.74, 6) is -0.774. The lowest BCUT2D eigenvalue weighted by Crippen LogP contribution is -2.23. The monoisotopic (exact) mass is 376 g/mol. The highest BCUT2D eigenvalue weighted by Crippen LogP contribution is 2.27. The number of likely N-dealkylation sites (tertiary alicyclic amines) is 1. The molecule has 1 aromatic rings. The molecule has 6 heteroatoms. The molecular weight excluding hydrogens is 364 g/mol. The molecule has 1 fully saturated rings. The van der Waals surface area contributed by atoms with E-state index >= 15 is 0 Å². The lowest BCUT2D eigenvalue weighted by Gasteiger charge is -2.15. The van der Waals surface area contributed by atoms with Crippen molar-refractivity contribution in [2.45, 2.75) is 13.5 Å². The van der Waals surface area contributed by atoms with E-state index < -0.39 is 5.97 Å². The average molecular weight is 378 g/mol. The van der Waals surface area contributed by atoms with Gasteiger partial charge in [-0.2, -0.15) is 0 Å². The fraction of sp³-hybridized carbons (Fsp3) is 0.500. The van der Waals surface area contributed by atoms with Crippen LogP contribution in [-0.4, -0.2) is 34.0 Å². The maximum atomic E-state index is 11.1. The largest absolute Gasteiger partial charge is 0.481 e. The predicted octanol–water partition coefficient (Wildman–Crippen LogP) is 2.76. The van der Waals surface area contributed by atoms with Crippen LogP contribution in [0.15, 0.2) is 21.2 Å². The number of hydrogen-bond donors (Lipinski definition) is 1. The zero-order valence-electron chi connectivity index (χ0n) is 9.94. The fourth-order valence-electron chi connectivity index (χ4n) is 2.29. The lowest BCUT2D eigenvalue weighted by molar-refractivity contribution is -0.142. The van der Waals surface area contributed by atoms with Crippen molar-refractivity contribution in [2.75, 3.05) is 13.1 Å². The van der Waals surface area contributed by atoms with Gasteiger partial charge in [0.15, 0.2) is 0 Å². The van der Waals surface area contributed by atoms with Crippen LogP contribution in [0.1, 0.15) is 12.6 Å². The van der Waals surface area contributed by atoms with E-state index in [9.17, 15) is 4.79 Å². The number of aliphatic carboxylic acids is 1. The molecule has 2 atom stereocenters. The van der Waals surface area contributed by atoms with Crippen molar-refractivity contribution in [3.63, 3.8) is 0 Å². The molecule has 1 aliphatic heterocycles. The van der Waals surface area contributed by atoms with Gasteiger partial charge in [0.1, 0.15) is 0 Å². The van der Waals surface area contributed by atoms with E-state index in [1.54, 1.807) is 6.20 Å². The van der Waals surface area contributed by atoms with Gasteiger partial charge < -0.3 is 5.11 Å². The Morgan fingerprint density at radius 2 is 2.28 bits per heavy atom. The van der Waals surface area contributed by atoms with E-state index in [2.05, 4.69) is 41.7 Å². The normalized spacial score (nSPS) is 24.4. The molecule has 0 aromatic carbocycles. The third-order valence-electron chi connectivity index (χ3n) is 3.26. The van der Waals surface area contributed by atoms with Crippen LogP contribution in [0.5, 0.6) is 0 Å². The lowest BCUT2D eigenvalue weighted by atomic mass is 9.99. The number of aromatic nitrogens is 1. The number of halogens is 2. The average Bonchev–Trinajstić information content (AvgIpc) is 2.64. The molecule has 1 N–H and O–H groups in total. The Balaban J connectivity index is 2.05. The summed E-state index contributed by atoms with van der Waals surface area (Å²) in [4.78, 5) is 17.6. The first-order valence-electron chi connectivity index (χ1n) is 5.72. The minimum atomic E-state index is -0.701. The van der Waals surface area contributed by atoms with Crippen molar-refractivity contribution < 1.29 is 9.90 Å². The van der Waals surface area contributed by atoms with E-state index in [0.717, 1.165) is 21.2 Å². The second kappa shape index (κ2) is 5.67. The molecule has 0 aliphatic carbocycles. The van der Waals surface area contributed by atoms with Crippen molar-refractivity contribution in [3.8, 4) is 0 Å². The van der Waals surface area contributed by atoms with Gasteiger partial charge in [-0.3, -0.25) is 14.7 Å². The third-order valence-corrected chi connectivity index (χ3v) is 4.38. The fourth-order valence-corrected chi connectivity index (χ4v) is 3.40. The molecule has 0 saturated carbocycles. The van der Waals surface area contributed by atoms with Gasteiger partial charge in [0.05, 0.1) is 11.6 Å². The number of nitrogens with zero attached hydrogens (tertiary/aromatic N) is 2. The quantitative estimate of drug-likeness (QED) is 0.879. The standard InChI is InChI=1S/C12H14Br2N2O2/c1-7-4-16(5-9(7)12(17)18)6-11-10(14)2-8(13)3-15-11/h2-3,7,9H,4-6H2,1H3,(H,17,18)/t7-,9-/m1/s1. The molecule has 0 unspecified atom stereocenters. The summed E-state index contributed by atoms with van der Waals surface area (Å²) in [6, 6.07) is 1.95. The third kappa shape index (κ3) is 3.10. The molecule has 2 rings (SSSR count). The molecule has 1 saturated heterocycles. The van der Waals surface area contributed by atoms with Crippen LogP contribution in [0.3, 0.4) is 0 Å². The molecule has 18 heavy (non-hydrogen) atoms. The summed E-state index contributed by atoms with van der Waals surface area (Å²) >= 11 is 6.84. The van der Waals surface area contributed by atoms with Crippen molar-refractivity contribution >= 4 is 37.8 Å². The van der Waals surface area contributed by atoms with Gasteiger partial charge in [0, 0.05) is 34.8 Å². The molecule has 0 radical (unpaired) electrons. The second-order valence-corrected chi connectivity index (χ2v) is 6.47. The topological polar surface area (TPSA) is 53.4 Å². The van der Waals surface area contributed by atoms with Crippen molar-refractivity contribution in [1.82, 2.24) is 9.88 Å². The summed E-state index contributed by atoms with van der Waals surface area (Å²) in [5, 5.41) is 9.10. The van der Waals surface area contributed by atoms with Crippen LogP contribution in [0.2, 0.25) is 0 Å². The Kier molecular flexibility index (Phi) is 4.40. The highest BCUT2D eigenvalue weighted by molar-refractivity contribution is 9.11. The highest BCUT2D eigenvalue weighted by Gasteiger charge is 2.34. The first-order valence-corrected chi connectivity index (χ1v) is 7.31. The van der Waals surface area contributed by atoms with Gasteiger partial charge in [-0.1, -0.05) is 6.92 Å². The SMILES string of the molecule is C[C@@H]1CN(Cc2ncc(Br)cc2Br)C[C@H]1C(=O)O. The number of hydrogen-bond acceptors (Lipinski definition) is 3. The van der Waals surface area contributed by atoms with E-state index in [1.165, 1.54) is 0 Å². The summed E-state index contributed by atoms with van der Waals surface area (Å²) in [5.41, 5.74) is 0.941. The maximum absolute atomic E-state index is 11.1. The van der Waals surface area contributed by atoms with Crippen molar-refractivity contribution in [3.05, 3.63) is 26.9 Å². The van der Waals surface area contributed by atoms with Gasteiger partial charge in [0.2, 0.25) is 0 Å². The molecule has 98 valence electrons. The molecule has 0 bridgehead atoms. The summed E-state index contributed by atoms with van der Waals surface area (Å²) in [6.07, 6.45) is 1.76. The van der Waals surface area contributed by atoms with Gasteiger partial charge in [-0.15, -0.1) is 0 Å². The minimum Gasteiger partial charge on any atom is -0.481 e. The van der Waals surface area contributed by atoms with Gasteiger partial charge in [-0.05, 0) is 43.8 Å². The van der Waals surface area contributed by atoms with Crippen LogP contribution >= 0.6 is 31.9 Å². The van der Waals surface area contributed by atoms with Crippen LogP contribution in [0.4, 0.5) is 0 Å². The Morgan fingerprint density at radius 1 is 1.56 bits per heavy atom. The van der Waals surface area contributed by atoms with Crippen LogP contribution in [0, 0.1) is 11.8 Å². The molecule has 2 heterocycles. The number of carbonyl (C=O) groups is 1. The Labute approximate surface area is 123 Å². The first kappa shape index (κ1) is 14.0. The smallest absolute Gasteiger partial charge is 0.308 e. The Bertz CT molecular complexity index is 467. The minimum absolute atomic E-state index is 0.191.